The van der Waals surface area contributed by atoms with Crippen LogP contribution in [0.4, 0.5) is 5.69 Å². The first-order chi connectivity index (χ1) is 8.78. The lowest BCUT2D eigenvalue weighted by Gasteiger charge is -2.20. The van der Waals surface area contributed by atoms with Crippen LogP contribution in [0.2, 0.25) is 0 Å². The zero-order valence-corrected chi connectivity index (χ0v) is 10.6. The second-order valence-corrected chi connectivity index (χ2v) is 3.91. The van der Waals surface area contributed by atoms with Crippen molar-refractivity contribution in [3.8, 4) is 17.3 Å². The molecule has 0 radical (unpaired) electrons. The van der Waals surface area contributed by atoms with E-state index in [0.29, 0.717) is 5.69 Å². The SMILES string of the molecule is CCN(CC)c1ccc(-c2cc(C#N)on2)cc1. The third kappa shape index (κ3) is 2.35. The van der Waals surface area contributed by atoms with Crippen molar-refractivity contribution in [2.45, 2.75) is 13.8 Å². The molecule has 4 heteroatoms. The van der Waals surface area contributed by atoms with E-state index in [2.05, 4.69) is 36.0 Å². The molecule has 2 rings (SSSR count). The summed E-state index contributed by atoms with van der Waals surface area (Å²) < 4.78 is 4.87. The third-order valence-electron chi connectivity index (χ3n) is 2.91. The molecule has 1 aromatic heterocycles. The molecule has 0 aliphatic heterocycles. The van der Waals surface area contributed by atoms with Crippen molar-refractivity contribution in [3.63, 3.8) is 0 Å². The Kier molecular flexibility index (Phi) is 3.63. The Morgan fingerprint density at radius 2 is 1.89 bits per heavy atom. The van der Waals surface area contributed by atoms with Crippen LogP contribution in [-0.2, 0) is 0 Å². The van der Waals surface area contributed by atoms with Crippen LogP contribution in [0.1, 0.15) is 19.6 Å². The Balaban J connectivity index is 2.24. The number of hydrogen-bond acceptors (Lipinski definition) is 4. The summed E-state index contributed by atoms with van der Waals surface area (Å²) in [6, 6.07) is 11.7. The predicted octanol–water partition coefficient (Wildman–Crippen LogP) is 3.06. The first kappa shape index (κ1) is 12.2. The van der Waals surface area contributed by atoms with Gasteiger partial charge in [0.1, 0.15) is 11.8 Å². The summed E-state index contributed by atoms with van der Waals surface area (Å²) in [6.07, 6.45) is 0. The third-order valence-corrected chi connectivity index (χ3v) is 2.91. The summed E-state index contributed by atoms with van der Waals surface area (Å²) in [6.45, 7) is 6.24. The summed E-state index contributed by atoms with van der Waals surface area (Å²) in [5, 5.41) is 12.5. The average molecular weight is 241 g/mol. The normalized spacial score (nSPS) is 10.1. The summed E-state index contributed by atoms with van der Waals surface area (Å²) in [4.78, 5) is 2.27. The van der Waals surface area contributed by atoms with Gasteiger partial charge in [0.2, 0.25) is 5.76 Å². The number of aromatic nitrogens is 1. The van der Waals surface area contributed by atoms with Gasteiger partial charge in [-0.15, -0.1) is 0 Å². The Morgan fingerprint density at radius 1 is 1.22 bits per heavy atom. The lowest BCUT2D eigenvalue weighted by Crippen LogP contribution is -2.21. The Morgan fingerprint density at radius 3 is 2.39 bits per heavy atom. The molecule has 0 spiro atoms. The van der Waals surface area contributed by atoms with E-state index in [4.69, 9.17) is 9.78 Å². The van der Waals surface area contributed by atoms with Crippen LogP contribution in [-0.4, -0.2) is 18.2 Å². The number of nitriles is 1. The van der Waals surface area contributed by atoms with E-state index in [1.165, 1.54) is 5.69 Å². The van der Waals surface area contributed by atoms with E-state index >= 15 is 0 Å². The molecule has 0 atom stereocenters. The second-order valence-electron chi connectivity index (χ2n) is 3.91. The zero-order valence-electron chi connectivity index (χ0n) is 10.6. The largest absolute Gasteiger partial charge is 0.372 e. The number of hydrogen-bond donors (Lipinski definition) is 0. The lowest BCUT2D eigenvalue weighted by atomic mass is 10.1. The number of rotatable bonds is 4. The van der Waals surface area contributed by atoms with Gasteiger partial charge in [-0.1, -0.05) is 17.3 Å². The minimum absolute atomic E-state index is 0.234. The van der Waals surface area contributed by atoms with Gasteiger partial charge in [0.15, 0.2) is 0 Å². The molecule has 1 aromatic carbocycles. The highest BCUT2D eigenvalue weighted by molar-refractivity contribution is 5.63. The summed E-state index contributed by atoms with van der Waals surface area (Å²) in [5.41, 5.74) is 2.83. The fraction of sp³-hybridized carbons (Fsp3) is 0.286. The first-order valence-electron chi connectivity index (χ1n) is 6.00. The molecule has 0 amide bonds. The van der Waals surface area contributed by atoms with Gasteiger partial charge in [-0.2, -0.15) is 5.26 Å². The van der Waals surface area contributed by atoms with Crippen LogP contribution in [0.5, 0.6) is 0 Å². The topological polar surface area (TPSA) is 53.1 Å². The average Bonchev–Trinajstić information content (AvgIpc) is 2.90. The highest BCUT2D eigenvalue weighted by Crippen LogP contribution is 2.22. The van der Waals surface area contributed by atoms with Crippen LogP contribution in [0, 0.1) is 11.3 Å². The van der Waals surface area contributed by atoms with E-state index in [0.717, 1.165) is 18.7 Å². The van der Waals surface area contributed by atoms with Gasteiger partial charge in [-0.05, 0) is 26.0 Å². The quantitative estimate of drug-likeness (QED) is 0.825. The van der Waals surface area contributed by atoms with Crippen molar-refractivity contribution in [3.05, 3.63) is 36.1 Å². The van der Waals surface area contributed by atoms with Gasteiger partial charge in [-0.25, -0.2) is 0 Å². The maximum absolute atomic E-state index is 8.69. The highest BCUT2D eigenvalue weighted by atomic mass is 16.5. The molecule has 0 bridgehead atoms. The van der Waals surface area contributed by atoms with Crippen molar-refractivity contribution in [1.82, 2.24) is 5.16 Å². The number of nitrogens with zero attached hydrogens (tertiary/aromatic N) is 3. The highest BCUT2D eigenvalue weighted by Gasteiger charge is 2.07. The van der Waals surface area contributed by atoms with Crippen LogP contribution in [0.25, 0.3) is 11.3 Å². The van der Waals surface area contributed by atoms with Crippen LogP contribution >= 0.6 is 0 Å². The maximum atomic E-state index is 8.69. The minimum atomic E-state index is 0.234. The standard InChI is InChI=1S/C14H15N3O/c1-3-17(4-2)12-7-5-11(6-8-12)14-9-13(10-15)18-16-14/h5-9H,3-4H2,1-2H3. The van der Waals surface area contributed by atoms with Crippen molar-refractivity contribution in [2.24, 2.45) is 0 Å². The number of anilines is 1. The van der Waals surface area contributed by atoms with Gasteiger partial charge in [-0.3, -0.25) is 0 Å². The molecule has 0 unspecified atom stereocenters. The Bertz CT molecular complexity index is 547. The van der Waals surface area contributed by atoms with Gasteiger partial charge in [0, 0.05) is 30.4 Å². The molecule has 0 aliphatic carbocycles. The van der Waals surface area contributed by atoms with E-state index in [1.807, 2.05) is 18.2 Å². The van der Waals surface area contributed by atoms with Gasteiger partial charge < -0.3 is 9.42 Å². The molecule has 0 N–H and O–H groups in total. The molecule has 0 saturated heterocycles. The first-order valence-corrected chi connectivity index (χ1v) is 6.00. The predicted molar refractivity (Wildman–Crippen MR) is 70.2 cm³/mol. The zero-order chi connectivity index (χ0) is 13.0. The van der Waals surface area contributed by atoms with E-state index in [9.17, 15) is 0 Å². The molecule has 1 heterocycles. The van der Waals surface area contributed by atoms with Crippen LogP contribution in [0.3, 0.4) is 0 Å². The fourth-order valence-corrected chi connectivity index (χ4v) is 1.90. The maximum Gasteiger partial charge on any atom is 0.236 e. The second kappa shape index (κ2) is 5.37. The Labute approximate surface area is 106 Å². The van der Waals surface area contributed by atoms with Crippen LogP contribution in [0.15, 0.2) is 34.9 Å². The summed E-state index contributed by atoms with van der Waals surface area (Å²) >= 11 is 0. The van der Waals surface area contributed by atoms with Gasteiger partial charge in [0.05, 0.1) is 0 Å². The molecular formula is C14H15N3O. The van der Waals surface area contributed by atoms with Crippen LogP contribution < -0.4 is 4.90 Å². The molecular weight excluding hydrogens is 226 g/mol. The van der Waals surface area contributed by atoms with Gasteiger partial charge in [0.25, 0.3) is 0 Å². The lowest BCUT2D eigenvalue weighted by molar-refractivity contribution is 0.412. The molecule has 2 aromatic rings. The summed E-state index contributed by atoms with van der Waals surface area (Å²) in [7, 11) is 0. The molecule has 0 fully saturated rings. The van der Waals surface area contributed by atoms with Gasteiger partial charge >= 0.3 is 0 Å². The van der Waals surface area contributed by atoms with E-state index < -0.39 is 0 Å². The molecule has 92 valence electrons. The van der Waals surface area contributed by atoms with E-state index in [1.54, 1.807) is 6.07 Å². The van der Waals surface area contributed by atoms with Crippen molar-refractivity contribution < 1.29 is 4.52 Å². The fourth-order valence-electron chi connectivity index (χ4n) is 1.90. The summed E-state index contributed by atoms with van der Waals surface area (Å²) in [5.74, 6) is 0.234. The van der Waals surface area contributed by atoms with Crippen molar-refractivity contribution >= 4 is 5.69 Å². The minimum Gasteiger partial charge on any atom is -0.372 e. The van der Waals surface area contributed by atoms with Crippen molar-refractivity contribution in [2.75, 3.05) is 18.0 Å². The molecule has 0 aliphatic rings. The van der Waals surface area contributed by atoms with Crippen molar-refractivity contribution in [1.29, 1.82) is 5.26 Å². The smallest absolute Gasteiger partial charge is 0.236 e. The Hall–Kier alpha value is -2.28. The monoisotopic (exact) mass is 241 g/mol. The number of benzene rings is 1. The van der Waals surface area contributed by atoms with E-state index in [-0.39, 0.29) is 5.76 Å². The molecule has 4 nitrogen and oxygen atoms in total. The molecule has 18 heavy (non-hydrogen) atoms. The molecule has 0 saturated carbocycles.